The standard InChI is InChI=1S/C10H20F3NO3S2/c1-9(3-6-17-2)4-8-19(15,16)14-5-7-18-10(11,12)13/h9,14H,3-8H2,1-2H3. The van der Waals surface area contributed by atoms with Crippen molar-refractivity contribution in [2.75, 3.05) is 31.8 Å². The van der Waals surface area contributed by atoms with Crippen molar-refractivity contribution in [1.82, 2.24) is 4.72 Å². The van der Waals surface area contributed by atoms with E-state index in [2.05, 4.69) is 4.72 Å². The average molecular weight is 323 g/mol. The fraction of sp³-hybridized carbons (Fsp3) is 1.00. The second-order valence-corrected chi connectivity index (χ2v) is 7.27. The van der Waals surface area contributed by atoms with Gasteiger partial charge in [-0.1, -0.05) is 6.92 Å². The summed E-state index contributed by atoms with van der Waals surface area (Å²) in [6.07, 6.45) is 1.22. The largest absolute Gasteiger partial charge is 0.441 e. The highest BCUT2D eigenvalue weighted by atomic mass is 32.2. The molecule has 116 valence electrons. The van der Waals surface area contributed by atoms with Gasteiger partial charge in [0.1, 0.15) is 0 Å². The van der Waals surface area contributed by atoms with Gasteiger partial charge in [0, 0.05) is 26.0 Å². The molecule has 4 nitrogen and oxygen atoms in total. The molecule has 0 saturated heterocycles. The summed E-state index contributed by atoms with van der Waals surface area (Å²) in [5.41, 5.74) is -4.32. The molecule has 9 heteroatoms. The Balaban J connectivity index is 3.80. The van der Waals surface area contributed by atoms with Crippen LogP contribution in [-0.2, 0) is 14.8 Å². The third-order valence-electron chi connectivity index (χ3n) is 2.38. The maximum Gasteiger partial charge on any atom is 0.441 e. The van der Waals surface area contributed by atoms with Gasteiger partial charge in [-0.05, 0) is 30.5 Å². The van der Waals surface area contributed by atoms with Gasteiger partial charge >= 0.3 is 5.51 Å². The summed E-state index contributed by atoms with van der Waals surface area (Å²) < 4.78 is 65.5. The number of nitrogens with one attached hydrogen (secondary N) is 1. The Kier molecular flexibility index (Phi) is 9.04. The van der Waals surface area contributed by atoms with Crippen LogP contribution in [0.25, 0.3) is 0 Å². The van der Waals surface area contributed by atoms with Gasteiger partial charge in [0.15, 0.2) is 0 Å². The van der Waals surface area contributed by atoms with Crippen LogP contribution in [0.2, 0.25) is 0 Å². The molecule has 0 aliphatic heterocycles. The molecule has 0 aromatic rings. The van der Waals surface area contributed by atoms with E-state index in [-0.39, 0.29) is 35.7 Å². The van der Waals surface area contributed by atoms with Crippen molar-refractivity contribution in [3.63, 3.8) is 0 Å². The highest BCUT2D eigenvalue weighted by Gasteiger charge is 2.27. The number of ether oxygens (including phenoxy) is 1. The fourth-order valence-electron chi connectivity index (χ4n) is 1.26. The van der Waals surface area contributed by atoms with Crippen LogP contribution in [0.1, 0.15) is 19.8 Å². The van der Waals surface area contributed by atoms with Crippen molar-refractivity contribution in [3.8, 4) is 0 Å². The van der Waals surface area contributed by atoms with Crippen molar-refractivity contribution in [3.05, 3.63) is 0 Å². The molecule has 0 aliphatic carbocycles. The van der Waals surface area contributed by atoms with Gasteiger partial charge in [0.05, 0.1) is 5.75 Å². The Morgan fingerprint density at radius 3 is 2.47 bits per heavy atom. The summed E-state index contributed by atoms with van der Waals surface area (Å²) in [5.74, 6) is -0.197. The van der Waals surface area contributed by atoms with Crippen molar-refractivity contribution in [2.24, 2.45) is 5.92 Å². The van der Waals surface area contributed by atoms with Gasteiger partial charge in [0.2, 0.25) is 10.0 Å². The first-order valence-electron chi connectivity index (χ1n) is 5.83. The Hall–Kier alpha value is 0.01000. The minimum Gasteiger partial charge on any atom is -0.385 e. The average Bonchev–Trinajstić information content (AvgIpc) is 2.28. The third kappa shape index (κ3) is 12.8. The number of methoxy groups -OCH3 is 1. The first kappa shape index (κ1) is 19.0. The molecule has 0 aromatic heterocycles. The van der Waals surface area contributed by atoms with Gasteiger partial charge in [-0.15, -0.1) is 0 Å². The molecular formula is C10H20F3NO3S2. The number of hydrogen-bond donors (Lipinski definition) is 1. The van der Waals surface area contributed by atoms with Crippen LogP contribution in [0.5, 0.6) is 0 Å². The maximum atomic E-state index is 11.8. The van der Waals surface area contributed by atoms with Crippen LogP contribution in [0.15, 0.2) is 0 Å². The number of thioether (sulfide) groups is 1. The number of halogens is 3. The van der Waals surface area contributed by atoms with E-state index in [0.717, 1.165) is 6.42 Å². The predicted octanol–water partition coefficient (Wildman–Crippen LogP) is 2.22. The molecule has 0 heterocycles. The maximum absolute atomic E-state index is 11.8. The van der Waals surface area contributed by atoms with Crippen LogP contribution in [0.3, 0.4) is 0 Å². The monoisotopic (exact) mass is 323 g/mol. The van der Waals surface area contributed by atoms with E-state index in [9.17, 15) is 21.6 Å². The van der Waals surface area contributed by atoms with Crippen molar-refractivity contribution in [2.45, 2.75) is 25.3 Å². The Labute approximate surface area is 116 Å². The number of hydrogen-bond acceptors (Lipinski definition) is 4. The van der Waals surface area contributed by atoms with Gasteiger partial charge in [-0.3, -0.25) is 0 Å². The van der Waals surface area contributed by atoms with E-state index in [1.165, 1.54) is 0 Å². The zero-order valence-electron chi connectivity index (χ0n) is 11.0. The van der Waals surface area contributed by atoms with Gasteiger partial charge in [0.25, 0.3) is 0 Å². The van der Waals surface area contributed by atoms with E-state index in [0.29, 0.717) is 13.0 Å². The van der Waals surface area contributed by atoms with Gasteiger partial charge < -0.3 is 4.74 Å². The second-order valence-electron chi connectivity index (χ2n) is 4.18. The number of sulfonamides is 1. The molecule has 19 heavy (non-hydrogen) atoms. The summed E-state index contributed by atoms with van der Waals surface area (Å²) in [7, 11) is -1.92. The predicted molar refractivity (Wildman–Crippen MR) is 70.6 cm³/mol. The van der Waals surface area contributed by atoms with Crippen LogP contribution >= 0.6 is 11.8 Å². The highest BCUT2D eigenvalue weighted by Crippen LogP contribution is 2.29. The van der Waals surface area contributed by atoms with Crippen LogP contribution in [0.4, 0.5) is 13.2 Å². The molecule has 0 fully saturated rings. The molecule has 1 N–H and O–H groups in total. The Morgan fingerprint density at radius 2 is 1.95 bits per heavy atom. The molecule has 0 aliphatic rings. The SMILES string of the molecule is COCCC(C)CCS(=O)(=O)NCCSC(F)(F)F. The smallest absolute Gasteiger partial charge is 0.385 e. The summed E-state index contributed by atoms with van der Waals surface area (Å²) in [6.45, 7) is 2.27. The molecule has 0 amide bonds. The molecule has 0 bridgehead atoms. The molecule has 0 aromatic carbocycles. The minimum absolute atomic E-state index is 0.0748. The normalized spacial score (nSPS) is 14.6. The zero-order valence-corrected chi connectivity index (χ0v) is 12.6. The molecule has 0 spiro atoms. The van der Waals surface area contributed by atoms with Crippen molar-refractivity contribution < 1.29 is 26.3 Å². The Morgan fingerprint density at radius 1 is 1.32 bits per heavy atom. The summed E-state index contributed by atoms with van der Waals surface area (Å²) in [4.78, 5) is 0. The minimum atomic E-state index is -4.32. The number of rotatable bonds is 10. The van der Waals surface area contributed by atoms with Crippen molar-refractivity contribution >= 4 is 21.8 Å². The highest BCUT2D eigenvalue weighted by molar-refractivity contribution is 8.00. The molecule has 1 unspecified atom stereocenters. The quantitative estimate of drug-likeness (QED) is 0.626. The zero-order chi connectivity index (χ0) is 14.9. The first-order valence-corrected chi connectivity index (χ1v) is 8.47. The van der Waals surface area contributed by atoms with E-state index in [1.54, 1.807) is 7.11 Å². The second kappa shape index (κ2) is 9.04. The van der Waals surface area contributed by atoms with Crippen LogP contribution in [-0.4, -0.2) is 45.7 Å². The molecule has 0 radical (unpaired) electrons. The Bertz CT molecular complexity index is 333. The number of alkyl halides is 3. The van der Waals surface area contributed by atoms with E-state index >= 15 is 0 Å². The van der Waals surface area contributed by atoms with Gasteiger partial charge in [-0.25, -0.2) is 13.1 Å². The summed E-state index contributed by atoms with van der Waals surface area (Å²) >= 11 is -0.234. The molecule has 1 atom stereocenters. The topological polar surface area (TPSA) is 55.4 Å². The van der Waals surface area contributed by atoms with Crippen molar-refractivity contribution in [1.29, 1.82) is 0 Å². The lowest BCUT2D eigenvalue weighted by Gasteiger charge is -2.12. The lowest BCUT2D eigenvalue weighted by atomic mass is 10.1. The van der Waals surface area contributed by atoms with E-state index < -0.39 is 15.5 Å². The molecular weight excluding hydrogens is 303 g/mol. The molecule has 0 rings (SSSR count). The lowest BCUT2D eigenvalue weighted by Crippen LogP contribution is -2.29. The first-order chi connectivity index (χ1) is 8.66. The van der Waals surface area contributed by atoms with Gasteiger partial charge in [-0.2, -0.15) is 13.2 Å². The van der Waals surface area contributed by atoms with E-state index in [1.807, 2.05) is 6.92 Å². The summed E-state index contributed by atoms with van der Waals surface area (Å²) in [5, 5.41) is 0. The molecule has 0 saturated carbocycles. The fourth-order valence-corrected chi connectivity index (χ4v) is 3.09. The van der Waals surface area contributed by atoms with E-state index in [4.69, 9.17) is 4.74 Å². The lowest BCUT2D eigenvalue weighted by molar-refractivity contribution is -0.0327. The van der Waals surface area contributed by atoms with Crippen LogP contribution in [0, 0.1) is 5.92 Å². The summed E-state index contributed by atoms with van der Waals surface area (Å²) in [6, 6.07) is 0. The third-order valence-corrected chi connectivity index (χ3v) is 4.54. The van der Waals surface area contributed by atoms with Crippen LogP contribution < -0.4 is 4.72 Å².